The van der Waals surface area contributed by atoms with Crippen molar-refractivity contribution in [3.63, 3.8) is 0 Å². The summed E-state index contributed by atoms with van der Waals surface area (Å²) in [5, 5.41) is 2.16. The van der Waals surface area contributed by atoms with Crippen LogP contribution in [-0.2, 0) is 10.3 Å². The predicted octanol–water partition coefficient (Wildman–Crippen LogP) is 3.62. The average Bonchev–Trinajstić information content (AvgIpc) is 3.14. The summed E-state index contributed by atoms with van der Waals surface area (Å²) in [5.41, 5.74) is 5.17. The number of benzene rings is 1. The molecule has 2 aromatic rings. The second-order valence-electron chi connectivity index (χ2n) is 8.04. The number of nitrogens with one attached hydrogen (secondary N) is 1. The third-order valence-corrected chi connectivity index (χ3v) is 9.11. The molecule has 1 aromatic heterocycles. The Hall–Kier alpha value is -2.24. The number of pyridine rings is 1. The molecule has 0 spiro atoms. The van der Waals surface area contributed by atoms with E-state index in [1.54, 1.807) is 13.8 Å². The van der Waals surface area contributed by atoms with E-state index in [0.29, 0.717) is 5.02 Å². The second kappa shape index (κ2) is 7.42. The summed E-state index contributed by atoms with van der Waals surface area (Å²) in [5.74, 6) is -1.12. The SMILES string of the molecule is CC1(C)C(N)=NC2(c3cc(NC(=O)c4ccc(Cl)cn4)ccc3F)COC[C@H]2S1(O)O. The molecule has 1 unspecified atom stereocenters. The number of hydrogen-bond acceptors (Lipinski definition) is 7. The number of hydrogen-bond donors (Lipinski definition) is 4. The highest BCUT2D eigenvalue weighted by Crippen LogP contribution is 2.66. The van der Waals surface area contributed by atoms with Gasteiger partial charge in [0.25, 0.3) is 5.91 Å². The minimum Gasteiger partial charge on any atom is -0.386 e. The maximum absolute atomic E-state index is 15.0. The van der Waals surface area contributed by atoms with Crippen molar-refractivity contribution in [3.05, 3.63) is 58.6 Å². The van der Waals surface area contributed by atoms with E-state index in [1.165, 1.54) is 36.5 Å². The van der Waals surface area contributed by atoms with Crippen LogP contribution in [0, 0.1) is 5.82 Å². The first-order valence-electron chi connectivity index (χ1n) is 9.42. The number of amides is 1. The first kappa shape index (κ1) is 22.0. The van der Waals surface area contributed by atoms with Gasteiger partial charge in [0.2, 0.25) is 0 Å². The van der Waals surface area contributed by atoms with E-state index in [2.05, 4.69) is 15.3 Å². The number of nitrogens with two attached hydrogens (primary N) is 1. The summed E-state index contributed by atoms with van der Waals surface area (Å²) in [4.78, 5) is 21.0. The number of aromatic nitrogens is 1. The van der Waals surface area contributed by atoms with Crippen LogP contribution in [0.4, 0.5) is 10.1 Å². The third kappa shape index (κ3) is 3.39. The number of anilines is 1. The molecule has 8 nitrogen and oxygen atoms in total. The van der Waals surface area contributed by atoms with Crippen molar-refractivity contribution in [1.82, 2.24) is 4.98 Å². The Bertz CT molecular complexity index is 1080. The Morgan fingerprint density at radius 2 is 2.10 bits per heavy atom. The van der Waals surface area contributed by atoms with Crippen LogP contribution in [0.15, 0.2) is 41.5 Å². The number of amidine groups is 1. The molecule has 5 N–H and O–H groups in total. The van der Waals surface area contributed by atoms with Gasteiger partial charge in [-0.15, -0.1) is 0 Å². The van der Waals surface area contributed by atoms with Crippen molar-refractivity contribution in [2.45, 2.75) is 29.4 Å². The van der Waals surface area contributed by atoms with Crippen LogP contribution in [0.5, 0.6) is 0 Å². The monoisotopic (exact) mass is 468 g/mol. The fourth-order valence-electron chi connectivity index (χ4n) is 3.83. The number of rotatable bonds is 3. The quantitative estimate of drug-likeness (QED) is 0.544. The summed E-state index contributed by atoms with van der Waals surface area (Å²) >= 11 is 5.80. The highest BCUT2D eigenvalue weighted by atomic mass is 35.5. The summed E-state index contributed by atoms with van der Waals surface area (Å²) in [7, 11) is -3.35. The molecule has 31 heavy (non-hydrogen) atoms. The summed E-state index contributed by atoms with van der Waals surface area (Å²) in [6.45, 7) is 3.11. The highest BCUT2D eigenvalue weighted by Gasteiger charge is 2.61. The molecule has 2 aliphatic heterocycles. The maximum atomic E-state index is 15.0. The van der Waals surface area contributed by atoms with Gasteiger partial charge < -0.3 is 15.8 Å². The molecule has 1 aromatic carbocycles. The Morgan fingerprint density at radius 3 is 2.77 bits per heavy atom. The lowest BCUT2D eigenvalue weighted by atomic mass is 9.87. The number of nitrogens with zero attached hydrogens (tertiary/aromatic N) is 2. The Kier molecular flexibility index (Phi) is 5.26. The normalized spacial score (nSPS) is 27.2. The molecule has 0 aliphatic carbocycles. The van der Waals surface area contributed by atoms with E-state index >= 15 is 4.39 Å². The zero-order valence-corrected chi connectivity index (χ0v) is 18.4. The first-order valence-corrected chi connectivity index (χ1v) is 11.4. The van der Waals surface area contributed by atoms with Gasteiger partial charge in [0, 0.05) is 17.4 Å². The molecular weight excluding hydrogens is 447 g/mol. The number of carbonyl (C=O) groups is 1. The van der Waals surface area contributed by atoms with E-state index in [1.807, 2.05) is 0 Å². The van der Waals surface area contributed by atoms with Gasteiger partial charge in [0.1, 0.15) is 32.9 Å². The standard InChI is InChI=1S/C20H22ClFN4O4S/c1-19(2)18(23)26-20(10-30-9-16(20)31(19,28)29)13-7-12(4-5-14(13)22)25-17(27)15-6-3-11(21)8-24-15/h3-8,16,28-29H,9-10H2,1-2H3,(H2,23,26)(H,25,27)/t16-,20?/m1/s1. The molecule has 1 fully saturated rings. The predicted molar refractivity (Wildman–Crippen MR) is 118 cm³/mol. The number of ether oxygens (including phenoxy) is 1. The van der Waals surface area contributed by atoms with Gasteiger partial charge in [0.15, 0.2) is 0 Å². The van der Waals surface area contributed by atoms with Gasteiger partial charge in [-0.2, -0.15) is 10.6 Å². The highest BCUT2D eigenvalue weighted by molar-refractivity contribution is 8.26. The molecule has 0 bridgehead atoms. The van der Waals surface area contributed by atoms with Crippen LogP contribution in [0.25, 0.3) is 0 Å². The zero-order chi connectivity index (χ0) is 22.6. The molecule has 2 aliphatic rings. The molecule has 2 atom stereocenters. The van der Waals surface area contributed by atoms with E-state index in [4.69, 9.17) is 22.1 Å². The summed E-state index contributed by atoms with van der Waals surface area (Å²) in [6.07, 6.45) is 1.35. The van der Waals surface area contributed by atoms with Crippen LogP contribution in [0.3, 0.4) is 0 Å². The van der Waals surface area contributed by atoms with Gasteiger partial charge in [-0.1, -0.05) is 11.6 Å². The van der Waals surface area contributed by atoms with E-state index < -0.39 is 37.9 Å². The molecule has 1 saturated heterocycles. The van der Waals surface area contributed by atoms with Crippen molar-refractivity contribution < 1.29 is 23.0 Å². The van der Waals surface area contributed by atoms with Crippen LogP contribution in [0.2, 0.25) is 5.02 Å². The van der Waals surface area contributed by atoms with Crippen molar-refractivity contribution in [1.29, 1.82) is 0 Å². The number of carbonyl (C=O) groups excluding carboxylic acids is 1. The lowest BCUT2D eigenvalue weighted by Gasteiger charge is -2.56. The number of halogens is 2. The Labute approximate surface area is 185 Å². The van der Waals surface area contributed by atoms with Crippen LogP contribution >= 0.6 is 22.2 Å². The zero-order valence-electron chi connectivity index (χ0n) is 16.8. The molecular formula is C20H22ClFN4O4S. The summed E-state index contributed by atoms with van der Waals surface area (Å²) < 4.78 is 41.4. The fourth-order valence-corrected chi connectivity index (χ4v) is 6.09. The average molecular weight is 469 g/mol. The molecule has 3 heterocycles. The van der Waals surface area contributed by atoms with Crippen LogP contribution in [-0.4, -0.2) is 49.0 Å². The van der Waals surface area contributed by atoms with E-state index in [9.17, 15) is 13.9 Å². The van der Waals surface area contributed by atoms with Crippen molar-refractivity contribution >= 4 is 39.6 Å². The maximum Gasteiger partial charge on any atom is 0.274 e. The minimum absolute atomic E-state index is 0.00668. The summed E-state index contributed by atoms with van der Waals surface area (Å²) in [6, 6.07) is 6.99. The second-order valence-corrected chi connectivity index (χ2v) is 11.3. The first-order chi connectivity index (χ1) is 14.5. The van der Waals surface area contributed by atoms with Gasteiger partial charge in [0.05, 0.1) is 18.2 Å². The smallest absolute Gasteiger partial charge is 0.274 e. The molecule has 0 radical (unpaired) electrons. The molecule has 11 heteroatoms. The number of fused-ring (bicyclic) bond motifs is 1. The molecule has 0 saturated carbocycles. The van der Waals surface area contributed by atoms with Gasteiger partial charge in [-0.05, 0) is 44.2 Å². The fraction of sp³-hybridized carbons (Fsp3) is 0.350. The van der Waals surface area contributed by atoms with Crippen molar-refractivity contribution in [3.8, 4) is 0 Å². The largest absolute Gasteiger partial charge is 0.386 e. The molecule has 1 amide bonds. The van der Waals surface area contributed by atoms with Gasteiger partial charge >= 0.3 is 0 Å². The van der Waals surface area contributed by atoms with E-state index in [-0.39, 0.29) is 36.0 Å². The number of aliphatic imine (C=N–C) groups is 1. The van der Waals surface area contributed by atoms with Crippen molar-refractivity contribution in [2.24, 2.45) is 10.7 Å². The molecule has 4 rings (SSSR count). The Morgan fingerprint density at radius 1 is 1.35 bits per heavy atom. The van der Waals surface area contributed by atoms with Crippen LogP contribution < -0.4 is 11.1 Å². The van der Waals surface area contributed by atoms with Gasteiger partial charge in [-0.25, -0.2) is 9.37 Å². The Balaban J connectivity index is 1.75. The lowest BCUT2D eigenvalue weighted by Crippen LogP contribution is -2.57. The van der Waals surface area contributed by atoms with Crippen molar-refractivity contribution in [2.75, 3.05) is 18.5 Å². The molecule has 166 valence electrons. The minimum atomic E-state index is -3.35. The lowest BCUT2D eigenvalue weighted by molar-refractivity contribution is 0.102. The topological polar surface area (TPSA) is 130 Å². The third-order valence-electron chi connectivity index (χ3n) is 5.86. The van der Waals surface area contributed by atoms with Gasteiger partial charge in [-0.3, -0.25) is 18.9 Å². The van der Waals surface area contributed by atoms with Crippen LogP contribution in [0.1, 0.15) is 29.9 Å². The van der Waals surface area contributed by atoms with E-state index in [0.717, 1.165) is 0 Å².